The van der Waals surface area contributed by atoms with E-state index in [0.717, 1.165) is 10.0 Å². The number of nitrogens with zero attached hydrogens (tertiary/aromatic N) is 1. The first-order chi connectivity index (χ1) is 13.3. The minimum atomic E-state index is -3.73. The van der Waals surface area contributed by atoms with E-state index in [0.29, 0.717) is 11.4 Å². The zero-order valence-corrected chi connectivity index (χ0v) is 17.9. The molecule has 3 rings (SSSR count). The van der Waals surface area contributed by atoms with Gasteiger partial charge in [-0.1, -0.05) is 15.9 Å². The molecule has 0 saturated heterocycles. The molecule has 1 amide bonds. The number of aromatic nitrogens is 1. The van der Waals surface area contributed by atoms with Crippen molar-refractivity contribution in [3.63, 3.8) is 0 Å². The van der Waals surface area contributed by atoms with Crippen molar-refractivity contribution in [2.24, 2.45) is 0 Å². The lowest BCUT2D eigenvalue weighted by atomic mass is 10.2. The third-order valence-electron chi connectivity index (χ3n) is 3.60. The van der Waals surface area contributed by atoms with Crippen LogP contribution in [0, 0.1) is 6.92 Å². The van der Waals surface area contributed by atoms with Gasteiger partial charge in [0.15, 0.2) is 11.7 Å². The number of benzene rings is 2. The van der Waals surface area contributed by atoms with Gasteiger partial charge in [0.1, 0.15) is 5.75 Å². The number of halogens is 1. The number of hydrogen-bond donors (Lipinski definition) is 2. The van der Waals surface area contributed by atoms with E-state index in [1.807, 2.05) is 19.1 Å². The van der Waals surface area contributed by atoms with E-state index in [-0.39, 0.29) is 22.5 Å². The predicted molar refractivity (Wildman–Crippen MR) is 112 cm³/mol. The average Bonchev–Trinajstić information content (AvgIpc) is 3.15. The van der Waals surface area contributed by atoms with Gasteiger partial charge in [-0.3, -0.25) is 9.52 Å². The fourth-order valence-corrected chi connectivity index (χ4v) is 4.25. The van der Waals surface area contributed by atoms with Crippen LogP contribution in [-0.2, 0) is 14.8 Å². The lowest BCUT2D eigenvalue weighted by Crippen LogP contribution is -2.20. The molecule has 1 heterocycles. The summed E-state index contributed by atoms with van der Waals surface area (Å²) in [5.41, 5.74) is 1.47. The largest absolute Gasteiger partial charge is 0.484 e. The Kier molecular flexibility index (Phi) is 6.32. The predicted octanol–water partition coefficient (Wildman–Crippen LogP) is 4.03. The van der Waals surface area contributed by atoms with Crippen LogP contribution in [0.4, 0.5) is 10.8 Å². The maximum Gasteiger partial charge on any atom is 0.263 e. The van der Waals surface area contributed by atoms with Gasteiger partial charge in [-0.05, 0) is 55.0 Å². The van der Waals surface area contributed by atoms with Gasteiger partial charge >= 0.3 is 0 Å². The van der Waals surface area contributed by atoms with E-state index in [9.17, 15) is 13.2 Å². The van der Waals surface area contributed by atoms with Crippen LogP contribution >= 0.6 is 27.3 Å². The fourth-order valence-electron chi connectivity index (χ4n) is 2.22. The number of aryl methyl sites for hydroxylation is 1. The van der Waals surface area contributed by atoms with Crippen molar-refractivity contribution >= 4 is 54.0 Å². The molecule has 146 valence electrons. The first-order valence-corrected chi connectivity index (χ1v) is 11.2. The summed E-state index contributed by atoms with van der Waals surface area (Å²) in [4.78, 5) is 16.0. The summed E-state index contributed by atoms with van der Waals surface area (Å²) in [6.45, 7) is 1.77. The third-order valence-corrected chi connectivity index (χ3v) is 6.66. The van der Waals surface area contributed by atoms with Crippen LogP contribution < -0.4 is 14.8 Å². The second kappa shape index (κ2) is 8.72. The van der Waals surface area contributed by atoms with Gasteiger partial charge in [0.05, 0.1) is 4.90 Å². The Balaban J connectivity index is 1.57. The third kappa shape index (κ3) is 5.31. The van der Waals surface area contributed by atoms with Crippen LogP contribution in [0.15, 0.2) is 63.4 Å². The highest BCUT2D eigenvalue weighted by molar-refractivity contribution is 9.10. The van der Waals surface area contributed by atoms with Crippen molar-refractivity contribution < 1.29 is 17.9 Å². The molecular weight excluding hydrogens is 466 g/mol. The van der Waals surface area contributed by atoms with Gasteiger partial charge in [0.2, 0.25) is 0 Å². The summed E-state index contributed by atoms with van der Waals surface area (Å²) >= 11 is 4.59. The Hall–Kier alpha value is -2.43. The molecule has 0 bridgehead atoms. The molecule has 2 aromatic carbocycles. The molecule has 0 aliphatic carbocycles. The lowest BCUT2D eigenvalue weighted by Gasteiger charge is -2.10. The Bertz CT molecular complexity index is 1070. The van der Waals surface area contributed by atoms with Crippen LogP contribution in [0.5, 0.6) is 5.75 Å². The number of anilines is 2. The van der Waals surface area contributed by atoms with E-state index in [1.165, 1.54) is 41.8 Å². The fraction of sp³-hybridized carbons (Fsp3) is 0.111. The maximum atomic E-state index is 12.3. The quantitative estimate of drug-likeness (QED) is 0.530. The van der Waals surface area contributed by atoms with Gasteiger partial charge in [-0.15, -0.1) is 11.3 Å². The van der Waals surface area contributed by atoms with E-state index in [4.69, 9.17) is 4.74 Å². The molecule has 2 N–H and O–H groups in total. The number of nitrogens with one attached hydrogen (secondary N) is 2. The molecular formula is C18H16BrN3O4S2. The molecule has 28 heavy (non-hydrogen) atoms. The first kappa shape index (κ1) is 20.3. The molecule has 10 heteroatoms. The Morgan fingerprint density at radius 2 is 1.96 bits per heavy atom. The summed E-state index contributed by atoms with van der Waals surface area (Å²) in [7, 11) is -3.73. The molecule has 0 saturated carbocycles. The SMILES string of the molecule is Cc1cc(OCC(=O)Nc2ccc(S(=O)(=O)Nc3nccs3)cc2)ccc1Br. The number of ether oxygens (including phenoxy) is 1. The van der Waals surface area contributed by atoms with Crippen LogP contribution in [0.25, 0.3) is 0 Å². The van der Waals surface area contributed by atoms with E-state index in [1.54, 1.807) is 11.4 Å². The van der Waals surface area contributed by atoms with Gasteiger partial charge in [0.25, 0.3) is 15.9 Å². The zero-order chi connectivity index (χ0) is 20.1. The second-order valence-corrected chi connectivity index (χ2v) is 9.15. The smallest absolute Gasteiger partial charge is 0.263 e. The average molecular weight is 482 g/mol. The van der Waals surface area contributed by atoms with Crippen LogP contribution in [-0.4, -0.2) is 25.9 Å². The zero-order valence-electron chi connectivity index (χ0n) is 14.7. The van der Waals surface area contributed by atoms with Crippen molar-refractivity contribution in [2.75, 3.05) is 16.6 Å². The van der Waals surface area contributed by atoms with Crippen LogP contribution in [0.1, 0.15) is 5.56 Å². The second-order valence-electron chi connectivity index (χ2n) is 5.71. The summed E-state index contributed by atoms with van der Waals surface area (Å²) in [6, 6.07) is 11.3. The van der Waals surface area contributed by atoms with Crippen LogP contribution in [0.3, 0.4) is 0 Å². The van der Waals surface area contributed by atoms with Crippen LogP contribution in [0.2, 0.25) is 0 Å². The number of amides is 1. The highest BCUT2D eigenvalue weighted by Crippen LogP contribution is 2.22. The van der Waals surface area contributed by atoms with Gasteiger partial charge in [-0.25, -0.2) is 13.4 Å². The van der Waals surface area contributed by atoms with Crippen molar-refractivity contribution in [1.29, 1.82) is 0 Å². The van der Waals surface area contributed by atoms with Crippen molar-refractivity contribution in [3.8, 4) is 5.75 Å². The minimum Gasteiger partial charge on any atom is -0.484 e. The number of thiazole rings is 1. The van der Waals surface area contributed by atoms with Crippen molar-refractivity contribution in [2.45, 2.75) is 11.8 Å². The summed E-state index contributed by atoms with van der Waals surface area (Å²) in [5, 5.41) is 4.63. The Morgan fingerprint density at radius 3 is 2.61 bits per heavy atom. The van der Waals surface area contributed by atoms with Gasteiger partial charge in [-0.2, -0.15) is 0 Å². The molecule has 7 nitrogen and oxygen atoms in total. The number of sulfonamides is 1. The Labute approximate surface area is 175 Å². The highest BCUT2D eigenvalue weighted by Gasteiger charge is 2.15. The standard InChI is InChI=1S/C18H16BrN3O4S2/c1-12-10-14(4-7-16(12)19)26-11-17(23)21-13-2-5-15(6-3-13)28(24,25)22-18-20-8-9-27-18/h2-10H,11H2,1H3,(H,20,22)(H,21,23). The number of carbonyl (C=O) groups excluding carboxylic acids is 1. The molecule has 3 aromatic rings. The first-order valence-electron chi connectivity index (χ1n) is 8.05. The van der Waals surface area contributed by atoms with E-state index in [2.05, 4.69) is 31.0 Å². The normalized spacial score (nSPS) is 11.1. The summed E-state index contributed by atoms with van der Waals surface area (Å²) < 4.78 is 33.4. The topological polar surface area (TPSA) is 97.4 Å². The van der Waals surface area contributed by atoms with Crippen molar-refractivity contribution in [1.82, 2.24) is 4.98 Å². The molecule has 0 unspecified atom stereocenters. The molecule has 0 spiro atoms. The summed E-state index contributed by atoms with van der Waals surface area (Å²) in [6.07, 6.45) is 1.51. The molecule has 1 aromatic heterocycles. The lowest BCUT2D eigenvalue weighted by molar-refractivity contribution is -0.118. The highest BCUT2D eigenvalue weighted by atomic mass is 79.9. The molecule has 0 atom stereocenters. The van der Waals surface area contributed by atoms with Gasteiger partial charge in [0, 0.05) is 21.7 Å². The van der Waals surface area contributed by atoms with Gasteiger partial charge < -0.3 is 10.1 Å². The monoisotopic (exact) mass is 481 g/mol. The Morgan fingerprint density at radius 1 is 1.21 bits per heavy atom. The number of carbonyl (C=O) groups is 1. The minimum absolute atomic E-state index is 0.0716. The maximum absolute atomic E-state index is 12.3. The van der Waals surface area contributed by atoms with Crippen molar-refractivity contribution in [3.05, 3.63) is 64.1 Å². The number of hydrogen-bond acceptors (Lipinski definition) is 6. The van der Waals surface area contributed by atoms with E-state index >= 15 is 0 Å². The molecule has 0 aliphatic heterocycles. The number of rotatable bonds is 7. The summed E-state index contributed by atoms with van der Waals surface area (Å²) in [5.74, 6) is 0.239. The molecule has 0 radical (unpaired) electrons. The van der Waals surface area contributed by atoms with E-state index < -0.39 is 10.0 Å². The molecule has 0 aliphatic rings. The molecule has 0 fully saturated rings.